The van der Waals surface area contributed by atoms with E-state index in [1.807, 2.05) is 0 Å². The van der Waals surface area contributed by atoms with Gasteiger partial charge in [0.05, 0.1) is 0 Å². The molecule has 0 aliphatic rings. The van der Waals surface area contributed by atoms with Crippen molar-refractivity contribution in [2.75, 3.05) is 0 Å². The van der Waals surface area contributed by atoms with Crippen molar-refractivity contribution in [3.63, 3.8) is 0 Å². The highest BCUT2D eigenvalue weighted by Gasteiger charge is 1.66. The van der Waals surface area contributed by atoms with Crippen LogP contribution in [0.1, 0.15) is 20.8 Å². The van der Waals surface area contributed by atoms with Gasteiger partial charge in [-0.3, -0.25) is 14.4 Å². The average Bonchev–Trinajstić information content (AvgIpc) is 1.54. The first kappa shape index (κ1) is 29.3. The second-order valence-corrected chi connectivity index (χ2v) is 1.56. The number of carboxylic acid groups (broad SMARTS) is 3. The van der Waals surface area contributed by atoms with E-state index in [9.17, 15) is 0 Å². The van der Waals surface area contributed by atoms with E-state index in [4.69, 9.17) is 29.7 Å². The van der Waals surface area contributed by atoms with E-state index in [0.29, 0.717) is 0 Å². The summed E-state index contributed by atoms with van der Waals surface area (Å²) in [6.45, 7) is 3.25. The summed E-state index contributed by atoms with van der Waals surface area (Å²) in [5.41, 5.74) is 0. The summed E-state index contributed by atoms with van der Waals surface area (Å²) in [7, 11) is 0. The van der Waals surface area contributed by atoms with Crippen LogP contribution in [-0.2, 0) is 14.4 Å². The van der Waals surface area contributed by atoms with Crippen molar-refractivity contribution in [1.82, 2.24) is 0 Å². The maximum atomic E-state index is 9.00. The summed E-state index contributed by atoms with van der Waals surface area (Å²) >= 11 is 0. The van der Waals surface area contributed by atoms with Gasteiger partial charge in [0, 0.05) is 20.8 Å². The molecule has 0 saturated carbocycles. The Balaban J connectivity index is -0.0000000270. The van der Waals surface area contributed by atoms with E-state index < -0.39 is 17.9 Å². The first-order chi connectivity index (χ1) is 5.20. The van der Waals surface area contributed by atoms with Crippen molar-refractivity contribution in [2.24, 2.45) is 0 Å². The Morgan fingerprint density at radius 3 is 0.714 bits per heavy atom. The van der Waals surface area contributed by atoms with Crippen LogP contribution in [0.25, 0.3) is 0 Å². The van der Waals surface area contributed by atoms with Gasteiger partial charge in [-0.15, -0.1) is 0 Å². The molecule has 14 heavy (non-hydrogen) atoms. The Hall–Kier alpha value is -1.10. The van der Waals surface area contributed by atoms with Crippen LogP contribution in [0.4, 0.5) is 0 Å². The van der Waals surface area contributed by atoms with Crippen LogP contribution in [0, 0.1) is 0 Å². The largest absolute Gasteiger partial charge is 0.481 e. The summed E-state index contributed by atoms with van der Waals surface area (Å²) in [6.07, 6.45) is 0. The summed E-state index contributed by atoms with van der Waals surface area (Å²) in [6, 6.07) is 0. The molecule has 0 radical (unpaired) electrons. The van der Waals surface area contributed by atoms with Crippen LogP contribution in [0.2, 0.25) is 0 Å². The molecule has 7 nitrogen and oxygen atoms in total. The molecule has 0 aliphatic carbocycles. The fourth-order valence-electron chi connectivity index (χ4n) is 0. The average molecular weight is 228 g/mol. The fourth-order valence-corrected chi connectivity index (χ4v) is 0. The highest BCUT2D eigenvalue weighted by atomic mass is 27.0. The molecule has 8 heteroatoms. The summed E-state index contributed by atoms with van der Waals surface area (Å²) in [5, 5.41) is 22.2. The molecular formula is C6H17AlO7. The summed E-state index contributed by atoms with van der Waals surface area (Å²) in [5.74, 6) is -2.50. The summed E-state index contributed by atoms with van der Waals surface area (Å²) < 4.78 is 0. The quantitative estimate of drug-likeness (QED) is 0.420. The van der Waals surface area contributed by atoms with Crippen molar-refractivity contribution in [3.8, 4) is 0 Å². The standard InChI is InChI=1S/3C2H4O2.Al.H2O.3H/c3*1-2(3)4;;;;;/h3*1H3,(H,3,4);;1H2;;;. The van der Waals surface area contributed by atoms with Gasteiger partial charge in [0.2, 0.25) is 0 Å². The molecule has 0 spiro atoms. The normalized spacial score (nSPS) is 5.36. The maximum Gasteiger partial charge on any atom is 0.300 e. The minimum absolute atomic E-state index is 0. The Bertz CT molecular complexity index is 116. The lowest BCUT2D eigenvalue weighted by Crippen LogP contribution is -1.78. The molecular weight excluding hydrogens is 211 g/mol. The zero-order valence-corrected chi connectivity index (χ0v) is 7.57. The molecule has 0 saturated heterocycles. The topological polar surface area (TPSA) is 143 Å². The highest BCUT2D eigenvalue weighted by Crippen LogP contribution is 1.42. The number of hydrogen-bond acceptors (Lipinski definition) is 3. The molecule has 0 heterocycles. The molecule has 0 aromatic heterocycles. The molecule has 0 atom stereocenters. The van der Waals surface area contributed by atoms with Gasteiger partial charge in [-0.05, 0) is 0 Å². The van der Waals surface area contributed by atoms with Gasteiger partial charge < -0.3 is 20.8 Å². The Morgan fingerprint density at radius 1 is 0.714 bits per heavy atom. The van der Waals surface area contributed by atoms with E-state index in [1.54, 1.807) is 0 Å². The van der Waals surface area contributed by atoms with E-state index in [0.717, 1.165) is 20.8 Å². The minimum Gasteiger partial charge on any atom is -0.481 e. The van der Waals surface area contributed by atoms with E-state index in [2.05, 4.69) is 0 Å². The zero-order chi connectivity index (χ0) is 10.7. The number of aliphatic carboxylic acids is 3. The SMILES string of the molecule is CC(=O)O.CC(=O)O.CC(=O)O.O.[AlH3]. The van der Waals surface area contributed by atoms with Gasteiger partial charge in [0.1, 0.15) is 0 Å². The van der Waals surface area contributed by atoms with Gasteiger partial charge in [0.25, 0.3) is 17.9 Å². The van der Waals surface area contributed by atoms with Crippen LogP contribution in [0.15, 0.2) is 0 Å². The number of hydrogen-bond donors (Lipinski definition) is 3. The predicted molar refractivity (Wildman–Crippen MR) is 53.5 cm³/mol. The molecule has 0 fully saturated rings. The fraction of sp³-hybridized carbons (Fsp3) is 0.500. The lowest BCUT2D eigenvalue weighted by atomic mass is 10.9. The van der Waals surface area contributed by atoms with Crippen molar-refractivity contribution in [1.29, 1.82) is 0 Å². The minimum atomic E-state index is -0.833. The molecule has 0 rings (SSSR count). The third-order valence-corrected chi connectivity index (χ3v) is 0. The van der Waals surface area contributed by atoms with Crippen LogP contribution in [-0.4, -0.2) is 56.1 Å². The smallest absolute Gasteiger partial charge is 0.300 e. The maximum absolute atomic E-state index is 9.00. The van der Waals surface area contributed by atoms with Crippen LogP contribution in [0.5, 0.6) is 0 Å². The van der Waals surface area contributed by atoms with Gasteiger partial charge >= 0.3 is 0 Å². The summed E-state index contributed by atoms with van der Waals surface area (Å²) in [4.78, 5) is 27.0. The Morgan fingerprint density at radius 2 is 0.714 bits per heavy atom. The molecule has 0 amide bonds. The monoisotopic (exact) mass is 228 g/mol. The van der Waals surface area contributed by atoms with Crippen molar-refractivity contribution in [2.45, 2.75) is 20.8 Å². The Labute approximate surface area is 91.8 Å². The molecule has 86 valence electrons. The molecule has 0 aliphatic heterocycles. The van der Waals surface area contributed by atoms with Crippen LogP contribution < -0.4 is 0 Å². The predicted octanol–water partition coefficient (Wildman–Crippen LogP) is -1.74. The molecule has 0 aromatic rings. The van der Waals surface area contributed by atoms with Gasteiger partial charge in [-0.2, -0.15) is 0 Å². The first-order valence-electron chi connectivity index (χ1n) is 2.78. The Kier molecular flexibility index (Phi) is 47.4. The third-order valence-electron chi connectivity index (χ3n) is 0. The highest BCUT2D eigenvalue weighted by molar-refractivity contribution is 5.75. The van der Waals surface area contributed by atoms with Gasteiger partial charge in [-0.1, -0.05) is 0 Å². The molecule has 0 aromatic carbocycles. The van der Waals surface area contributed by atoms with Crippen molar-refractivity contribution < 1.29 is 35.2 Å². The van der Waals surface area contributed by atoms with Crippen molar-refractivity contribution in [3.05, 3.63) is 0 Å². The molecule has 5 N–H and O–H groups in total. The number of rotatable bonds is 0. The lowest BCUT2D eigenvalue weighted by molar-refractivity contribution is -0.135. The zero-order valence-electron chi connectivity index (χ0n) is 7.57. The molecule has 0 bridgehead atoms. The van der Waals surface area contributed by atoms with E-state index in [-0.39, 0.29) is 22.8 Å². The third kappa shape index (κ3) is 888. The van der Waals surface area contributed by atoms with Crippen LogP contribution >= 0.6 is 0 Å². The van der Waals surface area contributed by atoms with Gasteiger partial charge in [0.15, 0.2) is 17.4 Å². The van der Waals surface area contributed by atoms with Crippen LogP contribution in [0.3, 0.4) is 0 Å². The number of carboxylic acids is 3. The van der Waals surface area contributed by atoms with Gasteiger partial charge in [-0.25, -0.2) is 0 Å². The molecule has 0 unspecified atom stereocenters. The van der Waals surface area contributed by atoms with Crippen molar-refractivity contribution >= 4 is 35.3 Å². The number of carbonyl (C=O) groups is 3. The second-order valence-electron chi connectivity index (χ2n) is 1.56. The van der Waals surface area contributed by atoms with E-state index in [1.165, 1.54) is 0 Å². The van der Waals surface area contributed by atoms with E-state index >= 15 is 0 Å². The first-order valence-corrected chi connectivity index (χ1v) is 2.78. The lowest BCUT2D eigenvalue weighted by Gasteiger charge is -1.59. The second kappa shape index (κ2) is 22.7.